The first-order valence-electron chi connectivity index (χ1n) is 8.95. The number of methoxy groups -OCH3 is 1. The maximum Gasteiger partial charge on any atom is 0.191 e. The minimum atomic E-state index is 0. The van der Waals surface area contributed by atoms with Gasteiger partial charge in [0.05, 0.1) is 0 Å². The van der Waals surface area contributed by atoms with Crippen molar-refractivity contribution in [2.75, 3.05) is 39.9 Å². The number of aliphatic imine (C=N–C) groups is 1. The number of guanidine groups is 1. The predicted octanol–water partition coefficient (Wildman–Crippen LogP) is 2.85. The molecule has 138 valence electrons. The molecule has 1 rings (SSSR count). The molecule has 0 spiro atoms. The molecule has 0 aromatic rings. The minimum absolute atomic E-state index is 0. The smallest absolute Gasteiger partial charge is 0.191 e. The molecule has 1 heterocycles. The van der Waals surface area contributed by atoms with E-state index in [4.69, 9.17) is 9.73 Å². The van der Waals surface area contributed by atoms with Gasteiger partial charge < -0.3 is 20.3 Å². The van der Waals surface area contributed by atoms with Crippen LogP contribution in [0.15, 0.2) is 4.99 Å². The topological polar surface area (TPSA) is 48.9 Å². The van der Waals surface area contributed by atoms with Gasteiger partial charge in [0.25, 0.3) is 0 Å². The van der Waals surface area contributed by atoms with Gasteiger partial charge in [-0.1, -0.05) is 0 Å². The van der Waals surface area contributed by atoms with Crippen LogP contribution in [0.2, 0.25) is 0 Å². The molecule has 0 aromatic carbocycles. The van der Waals surface area contributed by atoms with Gasteiger partial charge in [-0.25, -0.2) is 0 Å². The number of piperidine rings is 1. The Morgan fingerprint density at radius 1 is 1.22 bits per heavy atom. The number of unbranched alkanes of at least 4 members (excludes halogenated alkanes) is 2. The average Bonchev–Trinajstić information content (AvgIpc) is 2.51. The summed E-state index contributed by atoms with van der Waals surface area (Å²) in [6.45, 7) is 11.7. The van der Waals surface area contributed by atoms with Crippen LogP contribution in [0, 0.1) is 0 Å². The molecular formula is C17H37IN4O. The zero-order valence-corrected chi connectivity index (χ0v) is 17.8. The van der Waals surface area contributed by atoms with Crippen LogP contribution < -0.4 is 10.6 Å². The second-order valence-corrected chi connectivity index (χ2v) is 6.36. The quantitative estimate of drug-likeness (QED) is 0.251. The molecule has 1 aliphatic heterocycles. The van der Waals surface area contributed by atoms with Crippen LogP contribution in [-0.2, 0) is 4.74 Å². The number of halogens is 1. The lowest BCUT2D eigenvalue weighted by Gasteiger charge is -2.35. The van der Waals surface area contributed by atoms with Gasteiger partial charge in [0.2, 0.25) is 0 Å². The van der Waals surface area contributed by atoms with Crippen LogP contribution >= 0.6 is 24.0 Å². The highest BCUT2D eigenvalue weighted by Crippen LogP contribution is 2.12. The van der Waals surface area contributed by atoms with E-state index in [0.29, 0.717) is 12.1 Å². The van der Waals surface area contributed by atoms with Crippen molar-refractivity contribution in [1.29, 1.82) is 0 Å². The van der Waals surface area contributed by atoms with Crippen LogP contribution in [0.3, 0.4) is 0 Å². The van der Waals surface area contributed by atoms with E-state index in [1.807, 2.05) is 0 Å². The molecule has 0 radical (unpaired) electrons. The number of ether oxygens (including phenoxy) is 1. The largest absolute Gasteiger partial charge is 0.385 e. The molecule has 0 atom stereocenters. The summed E-state index contributed by atoms with van der Waals surface area (Å²) in [6, 6.07) is 1.22. The van der Waals surface area contributed by atoms with Crippen molar-refractivity contribution in [2.24, 2.45) is 4.99 Å². The zero-order valence-electron chi connectivity index (χ0n) is 15.4. The second kappa shape index (κ2) is 14.3. The molecule has 0 bridgehead atoms. The van der Waals surface area contributed by atoms with Crippen LogP contribution in [0.5, 0.6) is 0 Å². The molecule has 0 aromatic heterocycles. The molecule has 0 aliphatic carbocycles. The van der Waals surface area contributed by atoms with Crippen molar-refractivity contribution in [2.45, 2.75) is 65.0 Å². The third-order valence-corrected chi connectivity index (χ3v) is 4.22. The van der Waals surface area contributed by atoms with E-state index in [1.165, 1.54) is 32.4 Å². The summed E-state index contributed by atoms with van der Waals surface area (Å²) in [5, 5.41) is 6.97. The standard InChI is InChI=1S/C17H36N4O.HI/c1-5-18-17(19-11-7-6-8-14-22-4)20-16-9-12-21(13-10-16)15(2)3;/h15-16H,5-14H2,1-4H3,(H2,18,19,20);1H. The van der Waals surface area contributed by atoms with Gasteiger partial charge >= 0.3 is 0 Å². The summed E-state index contributed by atoms with van der Waals surface area (Å²) in [7, 11) is 1.76. The fourth-order valence-electron chi connectivity index (χ4n) is 2.80. The first-order chi connectivity index (χ1) is 10.7. The van der Waals surface area contributed by atoms with Crippen molar-refractivity contribution in [3.8, 4) is 0 Å². The Kier molecular flexibility index (Phi) is 14.2. The minimum Gasteiger partial charge on any atom is -0.385 e. The van der Waals surface area contributed by atoms with Crippen molar-refractivity contribution < 1.29 is 4.74 Å². The lowest BCUT2D eigenvalue weighted by atomic mass is 10.0. The first kappa shape index (κ1) is 22.9. The van der Waals surface area contributed by atoms with Crippen LogP contribution in [0.25, 0.3) is 0 Å². The van der Waals surface area contributed by atoms with Crippen molar-refractivity contribution >= 4 is 29.9 Å². The van der Waals surface area contributed by atoms with Crippen molar-refractivity contribution in [3.05, 3.63) is 0 Å². The Bertz CT molecular complexity index is 305. The Labute approximate surface area is 160 Å². The second-order valence-electron chi connectivity index (χ2n) is 6.36. The number of hydrogen-bond donors (Lipinski definition) is 2. The van der Waals surface area contributed by atoms with Crippen molar-refractivity contribution in [1.82, 2.24) is 15.5 Å². The van der Waals surface area contributed by atoms with Crippen LogP contribution in [0.4, 0.5) is 0 Å². The van der Waals surface area contributed by atoms with Crippen LogP contribution in [0.1, 0.15) is 52.9 Å². The highest BCUT2D eigenvalue weighted by molar-refractivity contribution is 14.0. The van der Waals surface area contributed by atoms with E-state index in [-0.39, 0.29) is 24.0 Å². The fraction of sp³-hybridized carbons (Fsp3) is 0.941. The summed E-state index contributed by atoms with van der Waals surface area (Å²) in [5.74, 6) is 0.984. The number of rotatable bonds is 9. The van der Waals surface area contributed by atoms with E-state index in [1.54, 1.807) is 7.11 Å². The number of nitrogens with zero attached hydrogens (tertiary/aromatic N) is 2. The van der Waals surface area contributed by atoms with Gasteiger partial charge in [-0.3, -0.25) is 4.99 Å². The Morgan fingerprint density at radius 2 is 1.91 bits per heavy atom. The summed E-state index contributed by atoms with van der Waals surface area (Å²) >= 11 is 0. The highest BCUT2D eigenvalue weighted by atomic mass is 127. The van der Waals surface area contributed by atoms with Gasteiger partial charge in [0, 0.05) is 52.0 Å². The molecule has 6 heteroatoms. The molecular weight excluding hydrogens is 403 g/mol. The zero-order chi connectivity index (χ0) is 16.2. The maximum atomic E-state index is 5.07. The summed E-state index contributed by atoms with van der Waals surface area (Å²) in [4.78, 5) is 7.25. The van der Waals surface area contributed by atoms with E-state index in [0.717, 1.165) is 38.5 Å². The molecule has 0 saturated carbocycles. The molecule has 0 amide bonds. The normalized spacial score (nSPS) is 17.2. The molecule has 5 nitrogen and oxygen atoms in total. The summed E-state index contributed by atoms with van der Waals surface area (Å²) in [5.41, 5.74) is 0. The lowest BCUT2D eigenvalue weighted by molar-refractivity contribution is 0.167. The van der Waals surface area contributed by atoms with E-state index in [9.17, 15) is 0 Å². The van der Waals surface area contributed by atoms with E-state index in [2.05, 4.69) is 36.3 Å². The van der Waals surface area contributed by atoms with Crippen molar-refractivity contribution in [3.63, 3.8) is 0 Å². The first-order valence-corrected chi connectivity index (χ1v) is 8.95. The molecule has 2 N–H and O–H groups in total. The number of nitrogens with one attached hydrogen (secondary N) is 2. The number of hydrogen-bond acceptors (Lipinski definition) is 3. The lowest BCUT2D eigenvalue weighted by Crippen LogP contribution is -2.49. The van der Waals surface area contributed by atoms with E-state index >= 15 is 0 Å². The van der Waals surface area contributed by atoms with Gasteiger partial charge in [-0.2, -0.15) is 0 Å². The molecule has 0 unspecified atom stereocenters. The average molecular weight is 440 g/mol. The molecule has 23 heavy (non-hydrogen) atoms. The predicted molar refractivity (Wildman–Crippen MR) is 110 cm³/mol. The Hall–Kier alpha value is -0.0800. The SMILES string of the molecule is CCNC(=NCCCCCOC)NC1CCN(C(C)C)CC1.I. The summed E-state index contributed by atoms with van der Waals surface area (Å²) < 4.78 is 5.07. The number of likely N-dealkylation sites (tertiary alicyclic amines) is 1. The van der Waals surface area contributed by atoms with Gasteiger partial charge in [-0.15, -0.1) is 24.0 Å². The van der Waals surface area contributed by atoms with Gasteiger partial charge in [0.15, 0.2) is 5.96 Å². The Balaban J connectivity index is 0.00000484. The third kappa shape index (κ3) is 10.4. The van der Waals surface area contributed by atoms with Gasteiger partial charge in [-0.05, 0) is 52.9 Å². The highest BCUT2D eigenvalue weighted by Gasteiger charge is 2.21. The molecule has 1 aliphatic rings. The molecule has 1 saturated heterocycles. The monoisotopic (exact) mass is 440 g/mol. The summed E-state index contributed by atoms with van der Waals surface area (Å²) in [6.07, 6.45) is 5.85. The maximum absolute atomic E-state index is 5.07. The molecule has 1 fully saturated rings. The van der Waals surface area contributed by atoms with Crippen LogP contribution in [-0.4, -0.2) is 62.8 Å². The van der Waals surface area contributed by atoms with Gasteiger partial charge in [0.1, 0.15) is 0 Å². The Morgan fingerprint density at radius 3 is 2.48 bits per heavy atom. The fourth-order valence-corrected chi connectivity index (χ4v) is 2.80. The van der Waals surface area contributed by atoms with E-state index < -0.39 is 0 Å². The third-order valence-electron chi connectivity index (χ3n) is 4.22.